The highest BCUT2D eigenvalue weighted by Crippen LogP contribution is 2.37. The van der Waals surface area contributed by atoms with E-state index in [0.717, 1.165) is 39.0 Å². The fourth-order valence-electron chi connectivity index (χ4n) is 5.67. The highest BCUT2D eigenvalue weighted by atomic mass is 16.1. The molecule has 0 spiro atoms. The average molecular weight is 440 g/mol. The molecule has 2 aliphatic rings. The Bertz CT molecular complexity index is 1000. The Morgan fingerprint density at radius 3 is 1.79 bits per heavy atom. The van der Waals surface area contributed by atoms with E-state index < -0.39 is 0 Å². The predicted octanol–water partition coefficient (Wildman–Crippen LogP) is 4.59. The Labute approximate surface area is 197 Å². The van der Waals surface area contributed by atoms with Crippen LogP contribution in [0.5, 0.6) is 0 Å². The Kier molecular flexibility index (Phi) is 6.30. The summed E-state index contributed by atoms with van der Waals surface area (Å²) in [4.78, 5) is 17.3. The first kappa shape index (κ1) is 21.9. The van der Waals surface area contributed by atoms with Gasteiger partial charge in [0.2, 0.25) is 5.91 Å². The van der Waals surface area contributed by atoms with E-state index in [1.54, 1.807) is 6.92 Å². The van der Waals surface area contributed by atoms with Gasteiger partial charge in [-0.25, -0.2) is 0 Å². The zero-order chi connectivity index (χ0) is 22.7. The molecule has 0 radical (unpaired) electrons. The fraction of sp³-hybridized carbons (Fsp3) is 0.345. The van der Waals surface area contributed by atoms with Gasteiger partial charge in [-0.2, -0.15) is 0 Å². The van der Waals surface area contributed by atoms with Gasteiger partial charge in [0, 0.05) is 39.1 Å². The maximum atomic E-state index is 12.0. The van der Waals surface area contributed by atoms with Gasteiger partial charge in [0.05, 0.1) is 11.6 Å². The van der Waals surface area contributed by atoms with Crippen molar-refractivity contribution in [1.82, 2.24) is 15.1 Å². The molecular weight excluding hydrogens is 406 g/mol. The molecule has 4 nitrogen and oxygen atoms in total. The summed E-state index contributed by atoms with van der Waals surface area (Å²) in [5.41, 5.74) is 3.69. The van der Waals surface area contributed by atoms with Gasteiger partial charge in [0.1, 0.15) is 0 Å². The van der Waals surface area contributed by atoms with Gasteiger partial charge in [0.15, 0.2) is 0 Å². The van der Waals surface area contributed by atoms with Crippen LogP contribution in [0.15, 0.2) is 91.0 Å². The topological polar surface area (TPSA) is 35.6 Å². The summed E-state index contributed by atoms with van der Waals surface area (Å²) in [6.45, 7) is 5.80. The van der Waals surface area contributed by atoms with Crippen LogP contribution in [0.2, 0.25) is 0 Å². The van der Waals surface area contributed by atoms with Crippen molar-refractivity contribution in [2.24, 2.45) is 0 Å². The predicted molar refractivity (Wildman–Crippen MR) is 133 cm³/mol. The van der Waals surface area contributed by atoms with Crippen LogP contribution in [0.25, 0.3) is 0 Å². The van der Waals surface area contributed by atoms with Crippen molar-refractivity contribution < 1.29 is 4.79 Å². The molecule has 33 heavy (non-hydrogen) atoms. The number of hydrogen-bond acceptors (Lipinski definition) is 3. The van der Waals surface area contributed by atoms with E-state index >= 15 is 0 Å². The number of nitrogens with one attached hydrogen (secondary N) is 1. The van der Waals surface area contributed by atoms with Crippen LogP contribution < -0.4 is 5.32 Å². The first-order valence-electron chi connectivity index (χ1n) is 12.1. The summed E-state index contributed by atoms with van der Waals surface area (Å²) in [5, 5.41) is 3.30. The molecule has 2 fully saturated rings. The van der Waals surface area contributed by atoms with Crippen molar-refractivity contribution in [2.45, 2.75) is 37.4 Å². The maximum Gasteiger partial charge on any atom is 0.217 e. The molecule has 4 heteroatoms. The zero-order valence-corrected chi connectivity index (χ0v) is 19.4. The third-order valence-corrected chi connectivity index (χ3v) is 7.40. The summed E-state index contributed by atoms with van der Waals surface area (Å²) in [6, 6.07) is 33.1. The lowest BCUT2D eigenvalue weighted by Crippen LogP contribution is -2.63. The van der Waals surface area contributed by atoms with E-state index in [1.807, 2.05) is 6.07 Å². The minimum atomic E-state index is -0.246. The molecule has 0 unspecified atom stereocenters. The molecule has 0 bridgehead atoms. The average Bonchev–Trinajstić information content (AvgIpc) is 2.83. The monoisotopic (exact) mass is 439 g/mol. The Balaban J connectivity index is 1.26. The number of hydrogen-bond donors (Lipinski definition) is 1. The number of benzene rings is 3. The highest BCUT2D eigenvalue weighted by molar-refractivity contribution is 5.74. The molecule has 2 aliphatic heterocycles. The molecule has 3 aromatic rings. The molecule has 1 N–H and O–H groups in total. The molecule has 2 heterocycles. The quantitative estimate of drug-likeness (QED) is 0.610. The van der Waals surface area contributed by atoms with E-state index in [-0.39, 0.29) is 11.4 Å². The van der Waals surface area contributed by atoms with Gasteiger partial charge in [-0.1, -0.05) is 91.0 Å². The molecule has 1 amide bonds. The molecule has 0 saturated carbocycles. The maximum absolute atomic E-state index is 12.0. The van der Waals surface area contributed by atoms with Crippen LogP contribution in [-0.2, 0) is 10.3 Å². The molecule has 2 saturated heterocycles. The SMILES string of the molecule is CC(=O)NC1(c2ccccc2)CCN(C2CN(C(c3ccccc3)c3ccccc3)C2)CC1. The second kappa shape index (κ2) is 9.50. The first-order valence-corrected chi connectivity index (χ1v) is 12.1. The third-order valence-electron chi connectivity index (χ3n) is 7.40. The van der Waals surface area contributed by atoms with E-state index in [4.69, 9.17) is 0 Å². The lowest BCUT2D eigenvalue weighted by Gasteiger charge is -2.52. The van der Waals surface area contributed by atoms with Gasteiger partial charge in [-0.15, -0.1) is 0 Å². The number of nitrogens with zero attached hydrogens (tertiary/aromatic N) is 2. The minimum Gasteiger partial charge on any atom is -0.347 e. The summed E-state index contributed by atoms with van der Waals surface area (Å²) >= 11 is 0. The molecular formula is C29H33N3O. The number of piperidine rings is 1. The summed E-state index contributed by atoms with van der Waals surface area (Å²) in [5.74, 6) is 0.0516. The van der Waals surface area contributed by atoms with Crippen molar-refractivity contribution >= 4 is 5.91 Å². The molecule has 0 atom stereocenters. The van der Waals surface area contributed by atoms with E-state index in [1.165, 1.54) is 16.7 Å². The van der Waals surface area contributed by atoms with Crippen molar-refractivity contribution in [1.29, 1.82) is 0 Å². The number of likely N-dealkylation sites (tertiary alicyclic amines) is 2. The summed E-state index contributed by atoms with van der Waals surface area (Å²) < 4.78 is 0. The lowest BCUT2D eigenvalue weighted by molar-refractivity contribution is -0.122. The van der Waals surface area contributed by atoms with Crippen LogP contribution in [-0.4, -0.2) is 47.9 Å². The highest BCUT2D eigenvalue weighted by Gasteiger charge is 2.42. The molecule has 0 aromatic heterocycles. The summed E-state index contributed by atoms with van der Waals surface area (Å²) in [7, 11) is 0. The van der Waals surface area contributed by atoms with Gasteiger partial charge < -0.3 is 5.32 Å². The zero-order valence-electron chi connectivity index (χ0n) is 19.4. The van der Waals surface area contributed by atoms with Crippen molar-refractivity contribution in [3.8, 4) is 0 Å². The standard InChI is InChI=1S/C29H33N3O/c1-23(33)30-29(26-15-9-4-10-16-26)17-19-31(20-18-29)27-21-32(22-27)28(24-11-5-2-6-12-24)25-13-7-3-8-14-25/h2-16,27-28H,17-22H2,1H3,(H,30,33). The molecule has 170 valence electrons. The number of carbonyl (C=O) groups excluding carboxylic acids is 1. The van der Waals surface area contributed by atoms with Crippen molar-refractivity contribution in [3.05, 3.63) is 108 Å². The largest absolute Gasteiger partial charge is 0.347 e. The molecule has 3 aromatic carbocycles. The van der Waals surface area contributed by atoms with Crippen LogP contribution in [0.1, 0.15) is 42.5 Å². The Morgan fingerprint density at radius 2 is 1.30 bits per heavy atom. The molecule has 5 rings (SSSR count). The fourth-order valence-corrected chi connectivity index (χ4v) is 5.67. The number of amides is 1. The van der Waals surface area contributed by atoms with Crippen LogP contribution in [0.4, 0.5) is 0 Å². The second-order valence-electron chi connectivity index (χ2n) is 9.50. The van der Waals surface area contributed by atoms with Gasteiger partial charge in [-0.05, 0) is 29.5 Å². The normalized spacial score (nSPS) is 19.2. The van der Waals surface area contributed by atoms with Gasteiger partial charge in [-0.3, -0.25) is 14.6 Å². The minimum absolute atomic E-state index is 0.0516. The van der Waals surface area contributed by atoms with Crippen molar-refractivity contribution in [2.75, 3.05) is 26.2 Å². The van der Waals surface area contributed by atoms with Crippen molar-refractivity contribution in [3.63, 3.8) is 0 Å². The lowest BCUT2D eigenvalue weighted by atomic mass is 9.80. The smallest absolute Gasteiger partial charge is 0.217 e. The number of rotatable bonds is 6. The van der Waals surface area contributed by atoms with E-state index in [2.05, 4.69) is 100 Å². The first-order chi connectivity index (χ1) is 16.1. The van der Waals surface area contributed by atoms with E-state index in [0.29, 0.717) is 12.1 Å². The van der Waals surface area contributed by atoms with Crippen LogP contribution in [0, 0.1) is 0 Å². The summed E-state index contributed by atoms with van der Waals surface area (Å²) in [6.07, 6.45) is 1.90. The van der Waals surface area contributed by atoms with Crippen LogP contribution >= 0.6 is 0 Å². The Hall–Kier alpha value is -2.95. The van der Waals surface area contributed by atoms with E-state index in [9.17, 15) is 4.79 Å². The van der Waals surface area contributed by atoms with Crippen LogP contribution in [0.3, 0.4) is 0 Å². The molecule has 0 aliphatic carbocycles. The van der Waals surface area contributed by atoms with Gasteiger partial charge in [0.25, 0.3) is 0 Å². The van der Waals surface area contributed by atoms with Gasteiger partial charge >= 0.3 is 0 Å². The third kappa shape index (κ3) is 4.59. The second-order valence-corrected chi connectivity index (χ2v) is 9.50. The Morgan fingerprint density at radius 1 is 0.818 bits per heavy atom. The number of carbonyl (C=O) groups is 1.